The molecule has 20 heavy (non-hydrogen) atoms. The van der Waals surface area contributed by atoms with E-state index >= 15 is 0 Å². The van der Waals surface area contributed by atoms with Crippen molar-refractivity contribution in [2.24, 2.45) is 5.73 Å². The summed E-state index contributed by atoms with van der Waals surface area (Å²) in [6.07, 6.45) is 1.63. The van der Waals surface area contributed by atoms with Crippen LogP contribution in [0.1, 0.15) is 13.8 Å². The molecular formula is C13H18ClN3O2S. The van der Waals surface area contributed by atoms with E-state index in [0.29, 0.717) is 10.9 Å². The molecule has 110 valence electrons. The van der Waals surface area contributed by atoms with Crippen LogP contribution in [0, 0.1) is 0 Å². The van der Waals surface area contributed by atoms with E-state index in [-0.39, 0.29) is 23.8 Å². The van der Waals surface area contributed by atoms with Gasteiger partial charge >= 0.3 is 0 Å². The van der Waals surface area contributed by atoms with Gasteiger partial charge in [-0.25, -0.2) is 13.1 Å². The molecule has 0 bridgehead atoms. The number of rotatable bonds is 4. The van der Waals surface area contributed by atoms with Gasteiger partial charge in [0.25, 0.3) is 0 Å². The molecule has 0 aliphatic rings. The van der Waals surface area contributed by atoms with Crippen molar-refractivity contribution < 1.29 is 8.42 Å². The third-order valence-electron chi connectivity index (χ3n) is 2.61. The maximum Gasteiger partial charge on any atom is 0.241 e. The summed E-state index contributed by atoms with van der Waals surface area (Å²) in [5.41, 5.74) is 5.84. The molecule has 5 nitrogen and oxygen atoms in total. The molecule has 0 aliphatic heterocycles. The number of benzene rings is 1. The molecule has 0 spiro atoms. The lowest BCUT2D eigenvalue weighted by atomic mass is 10.1. The van der Waals surface area contributed by atoms with Crippen LogP contribution in [0.2, 0.25) is 0 Å². The Kier molecular flexibility index (Phi) is 5.10. The highest BCUT2D eigenvalue weighted by Crippen LogP contribution is 2.21. The van der Waals surface area contributed by atoms with Gasteiger partial charge < -0.3 is 5.73 Å². The van der Waals surface area contributed by atoms with Gasteiger partial charge in [-0.2, -0.15) is 0 Å². The zero-order chi connectivity index (χ0) is 14.1. The first-order chi connectivity index (χ1) is 8.80. The van der Waals surface area contributed by atoms with Crippen LogP contribution in [0.3, 0.4) is 0 Å². The molecule has 0 aliphatic carbocycles. The predicted molar refractivity (Wildman–Crippen MR) is 82.4 cm³/mol. The molecule has 2 rings (SSSR count). The van der Waals surface area contributed by atoms with E-state index in [0.717, 1.165) is 0 Å². The van der Waals surface area contributed by atoms with E-state index in [4.69, 9.17) is 5.73 Å². The highest BCUT2D eigenvalue weighted by atomic mass is 35.5. The van der Waals surface area contributed by atoms with Gasteiger partial charge in [0.05, 0.1) is 10.4 Å². The number of hydrogen-bond donors (Lipinski definition) is 2. The number of hydrogen-bond acceptors (Lipinski definition) is 4. The quantitative estimate of drug-likeness (QED) is 0.898. The summed E-state index contributed by atoms with van der Waals surface area (Å²) in [5.74, 6) is 0. The molecule has 1 aromatic carbocycles. The van der Waals surface area contributed by atoms with E-state index in [1.165, 1.54) is 0 Å². The Balaban J connectivity index is 0.00000200. The van der Waals surface area contributed by atoms with Crippen LogP contribution in [0.4, 0.5) is 0 Å². The number of pyridine rings is 1. The Morgan fingerprint density at radius 1 is 1.25 bits per heavy atom. The second kappa shape index (κ2) is 6.05. The van der Waals surface area contributed by atoms with Crippen LogP contribution in [0.15, 0.2) is 41.4 Å². The average Bonchev–Trinajstić information content (AvgIpc) is 2.35. The standard InChI is InChI=1S/C13H17N3O2S.ClH/c1-13(2,14)9-16-19(17,18)12-7-3-6-11-10(12)5-4-8-15-11;/h3-8,16H,9,14H2,1-2H3;1H. The third-order valence-corrected chi connectivity index (χ3v) is 4.07. The van der Waals surface area contributed by atoms with Crippen molar-refractivity contribution in [1.82, 2.24) is 9.71 Å². The molecule has 1 aromatic heterocycles. The van der Waals surface area contributed by atoms with E-state index in [2.05, 4.69) is 9.71 Å². The number of nitrogens with two attached hydrogens (primary N) is 1. The van der Waals surface area contributed by atoms with Crippen molar-refractivity contribution in [2.75, 3.05) is 6.54 Å². The van der Waals surface area contributed by atoms with Crippen molar-refractivity contribution in [2.45, 2.75) is 24.3 Å². The number of sulfonamides is 1. The molecule has 0 fully saturated rings. The topological polar surface area (TPSA) is 85.1 Å². The molecule has 3 N–H and O–H groups in total. The van der Waals surface area contributed by atoms with Gasteiger partial charge in [-0.05, 0) is 38.1 Å². The Labute approximate surface area is 125 Å². The lowest BCUT2D eigenvalue weighted by Crippen LogP contribution is -2.45. The Morgan fingerprint density at radius 2 is 1.95 bits per heavy atom. The Morgan fingerprint density at radius 3 is 2.60 bits per heavy atom. The fourth-order valence-electron chi connectivity index (χ4n) is 1.67. The molecule has 0 atom stereocenters. The normalized spacial score (nSPS) is 12.2. The largest absolute Gasteiger partial charge is 0.324 e. The van der Waals surface area contributed by atoms with Crippen LogP contribution in [0.5, 0.6) is 0 Å². The van der Waals surface area contributed by atoms with Gasteiger partial charge in [0.1, 0.15) is 0 Å². The fourth-order valence-corrected chi connectivity index (χ4v) is 3.11. The van der Waals surface area contributed by atoms with E-state index in [9.17, 15) is 8.42 Å². The summed E-state index contributed by atoms with van der Waals surface area (Å²) < 4.78 is 27.1. The molecule has 0 radical (unpaired) electrons. The number of halogens is 1. The second-order valence-corrected chi connectivity index (χ2v) is 6.87. The van der Waals surface area contributed by atoms with Crippen LogP contribution >= 0.6 is 12.4 Å². The number of nitrogens with one attached hydrogen (secondary N) is 1. The monoisotopic (exact) mass is 315 g/mol. The van der Waals surface area contributed by atoms with Crippen LogP contribution in [0.25, 0.3) is 10.9 Å². The lowest BCUT2D eigenvalue weighted by molar-refractivity contribution is 0.498. The van der Waals surface area contributed by atoms with Gasteiger partial charge in [-0.15, -0.1) is 12.4 Å². The van der Waals surface area contributed by atoms with Crippen molar-refractivity contribution in [3.63, 3.8) is 0 Å². The summed E-state index contributed by atoms with van der Waals surface area (Å²) >= 11 is 0. The first kappa shape index (κ1) is 16.8. The summed E-state index contributed by atoms with van der Waals surface area (Å²) in [4.78, 5) is 4.37. The molecule has 0 saturated heterocycles. The minimum atomic E-state index is -3.59. The van der Waals surface area contributed by atoms with E-state index in [1.807, 2.05) is 0 Å². The number of nitrogens with zero attached hydrogens (tertiary/aromatic N) is 1. The highest BCUT2D eigenvalue weighted by molar-refractivity contribution is 7.89. The first-order valence-electron chi connectivity index (χ1n) is 5.92. The number of aromatic nitrogens is 1. The van der Waals surface area contributed by atoms with Crippen molar-refractivity contribution in [3.8, 4) is 0 Å². The minimum Gasteiger partial charge on any atom is -0.324 e. The molecule has 0 unspecified atom stereocenters. The van der Waals surface area contributed by atoms with Gasteiger partial charge in [-0.1, -0.05) is 6.07 Å². The molecule has 1 heterocycles. The second-order valence-electron chi connectivity index (χ2n) is 5.14. The fraction of sp³-hybridized carbons (Fsp3) is 0.308. The van der Waals surface area contributed by atoms with Crippen molar-refractivity contribution >= 4 is 33.3 Å². The van der Waals surface area contributed by atoms with Crippen molar-refractivity contribution in [1.29, 1.82) is 0 Å². The van der Waals surface area contributed by atoms with Gasteiger partial charge in [0, 0.05) is 23.7 Å². The van der Waals surface area contributed by atoms with Gasteiger partial charge in [0.2, 0.25) is 10.0 Å². The first-order valence-corrected chi connectivity index (χ1v) is 7.40. The number of fused-ring (bicyclic) bond motifs is 1. The average molecular weight is 316 g/mol. The van der Waals surface area contributed by atoms with Gasteiger partial charge in [-0.3, -0.25) is 4.98 Å². The SMILES string of the molecule is CC(C)(N)CNS(=O)(=O)c1cccc2ncccc12.Cl. The Bertz CT molecular complexity index is 691. The molecule has 7 heteroatoms. The van der Waals surface area contributed by atoms with E-state index in [1.54, 1.807) is 50.4 Å². The highest BCUT2D eigenvalue weighted by Gasteiger charge is 2.20. The molecule has 0 saturated carbocycles. The van der Waals surface area contributed by atoms with Crippen molar-refractivity contribution in [3.05, 3.63) is 36.5 Å². The zero-order valence-electron chi connectivity index (χ0n) is 11.3. The maximum absolute atomic E-state index is 12.3. The zero-order valence-corrected chi connectivity index (χ0v) is 13.0. The van der Waals surface area contributed by atoms with E-state index < -0.39 is 15.6 Å². The summed E-state index contributed by atoms with van der Waals surface area (Å²) in [6, 6.07) is 8.48. The summed E-state index contributed by atoms with van der Waals surface area (Å²) in [7, 11) is -3.59. The van der Waals surface area contributed by atoms with Gasteiger partial charge in [0.15, 0.2) is 0 Å². The Hall–Kier alpha value is -1.21. The smallest absolute Gasteiger partial charge is 0.241 e. The van der Waals surface area contributed by atoms with Crippen LogP contribution in [-0.4, -0.2) is 25.5 Å². The van der Waals surface area contributed by atoms with Crippen LogP contribution in [-0.2, 0) is 10.0 Å². The predicted octanol–water partition coefficient (Wildman–Crippen LogP) is 1.67. The van der Waals surface area contributed by atoms with Crippen LogP contribution < -0.4 is 10.5 Å². The lowest BCUT2D eigenvalue weighted by Gasteiger charge is -2.19. The maximum atomic E-state index is 12.3. The molecule has 0 amide bonds. The molecular weight excluding hydrogens is 298 g/mol. The minimum absolute atomic E-state index is 0. The third kappa shape index (κ3) is 3.89. The molecule has 2 aromatic rings. The summed E-state index contributed by atoms with van der Waals surface area (Å²) in [5, 5.41) is 0.604. The summed E-state index contributed by atoms with van der Waals surface area (Å²) in [6.45, 7) is 3.70.